The molecule has 0 spiro atoms. The number of alkyl halides is 1. The molecule has 0 fully saturated rings. The van der Waals surface area contributed by atoms with Crippen LogP contribution in [0.25, 0.3) is 11.1 Å². The second-order valence-corrected chi connectivity index (χ2v) is 11.7. The van der Waals surface area contributed by atoms with Gasteiger partial charge in [0.05, 0.1) is 6.07 Å². The third-order valence-electron chi connectivity index (χ3n) is 7.79. The molecular formula is C36H39IN2. The zero-order chi connectivity index (χ0) is 27.5. The Kier molecular flexibility index (Phi) is 10.8. The van der Waals surface area contributed by atoms with E-state index in [1.807, 2.05) is 0 Å². The van der Waals surface area contributed by atoms with Gasteiger partial charge in [0, 0.05) is 19.1 Å². The lowest BCUT2D eigenvalue weighted by atomic mass is 9.75. The Morgan fingerprint density at radius 3 is 1.59 bits per heavy atom. The number of halogens is 1. The van der Waals surface area contributed by atoms with E-state index in [2.05, 4.69) is 157 Å². The lowest BCUT2D eigenvalue weighted by molar-refractivity contribution is 0.160. The van der Waals surface area contributed by atoms with Crippen LogP contribution < -0.4 is 0 Å². The van der Waals surface area contributed by atoms with Crippen molar-refractivity contribution in [2.45, 2.75) is 64.1 Å². The molecule has 4 aromatic carbocycles. The van der Waals surface area contributed by atoms with E-state index in [0.717, 1.165) is 38.8 Å². The summed E-state index contributed by atoms with van der Waals surface area (Å²) in [5, 5.41) is 10.6. The van der Waals surface area contributed by atoms with Crippen LogP contribution in [0.2, 0.25) is 0 Å². The average Bonchev–Trinajstić information content (AvgIpc) is 3.27. The summed E-state index contributed by atoms with van der Waals surface area (Å²) in [6, 6.07) is 41.8. The number of fused-ring (bicyclic) bond motifs is 3. The van der Waals surface area contributed by atoms with E-state index < -0.39 is 5.41 Å². The van der Waals surface area contributed by atoms with Crippen LogP contribution in [0.5, 0.6) is 0 Å². The smallest absolute Gasteiger partial charge is 0.108 e. The van der Waals surface area contributed by atoms with Gasteiger partial charge in [-0.2, -0.15) is 5.26 Å². The molecule has 2 nitrogen and oxygen atoms in total. The van der Waals surface area contributed by atoms with Crippen LogP contribution in [0, 0.1) is 11.3 Å². The highest BCUT2D eigenvalue weighted by atomic mass is 127. The Labute approximate surface area is 248 Å². The van der Waals surface area contributed by atoms with Gasteiger partial charge in [-0.05, 0) is 63.5 Å². The maximum Gasteiger partial charge on any atom is 0.108 e. The van der Waals surface area contributed by atoms with Gasteiger partial charge in [-0.3, -0.25) is 4.90 Å². The Hall–Kier alpha value is -2.94. The molecule has 39 heavy (non-hydrogen) atoms. The normalized spacial score (nSPS) is 13.5. The minimum Gasteiger partial charge on any atom is -0.292 e. The Balaban J connectivity index is 0.00000112. The molecule has 1 unspecified atom stereocenters. The van der Waals surface area contributed by atoms with Gasteiger partial charge >= 0.3 is 0 Å². The van der Waals surface area contributed by atoms with Crippen molar-refractivity contribution in [3.8, 4) is 17.2 Å². The lowest BCUT2D eigenvalue weighted by Crippen LogP contribution is -2.34. The molecule has 0 saturated heterocycles. The molecule has 1 atom stereocenters. The Bertz CT molecular complexity index is 1260. The molecule has 0 amide bonds. The molecule has 0 saturated carbocycles. The summed E-state index contributed by atoms with van der Waals surface area (Å²) in [5.41, 5.74) is 6.92. The van der Waals surface area contributed by atoms with Crippen molar-refractivity contribution in [3.05, 3.63) is 131 Å². The number of nitriles is 1. The fourth-order valence-corrected chi connectivity index (χ4v) is 5.97. The predicted molar refractivity (Wildman–Crippen MR) is 173 cm³/mol. The van der Waals surface area contributed by atoms with Crippen molar-refractivity contribution < 1.29 is 0 Å². The van der Waals surface area contributed by atoms with Crippen molar-refractivity contribution in [2.24, 2.45) is 0 Å². The van der Waals surface area contributed by atoms with Crippen LogP contribution in [0.3, 0.4) is 0 Å². The molecule has 3 heteroatoms. The van der Waals surface area contributed by atoms with Gasteiger partial charge < -0.3 is 0 Å². The van der Waals surface area contributed by atoms with Crippen molar-refractivity contribution >= 4 is 22.6 Å². The highest BCUT2D eigenvalue weighted by Crippen LogP contribution is 2.51. The monoisotopic (exact) mass is 626 g/mol. The van der Waals surface area contributed by atoms with E-state index in [-0.39, 0.29) is 0 Å². The van der Waals surface area contributed by atoms with E-state index in [9.17, 15) is 5.26 Å². The Morgan fingerprint density at radius 1 is 0.718 bits per heavy atom. The largest absolute Gasteiger partial charge is 0.292 e. The fourth-order valence-electron chi connectivity index (χ4n) is 5.97. The third-order valence-corrected chi connectivity index (χ3v) is 7.79. The molecule has 0 aliphatic heterocycles. The van der Waals surface area contributed by atoms with E-state index in [0.29, 0.717) is 6.04 Å². The number of rotatable bonds is 10. The summed E-state index contributed by atoms with van der Waals surface area (Å²) in [6.45, 7) is 6.28. The van der Waals surface area contributed by atoms with Crippen molar-refractivity contribution in [2.75, 3.05) is 4.43 Å². The molecule has 5 rings (SSSR count). The molecule has 0 bridgehead atoms. The SMILES string of the molecule is CCC(CCCC1(C#N)c2ccccc2-c2ccccc21)N(Cc1ccccc1)Cc1ccccc1.CCI. The van der Waals surface area contributed by atoms with Gasteiger partial charge in [-0.15, -0.1) is 0 Å². The molecule has 1 aliphatic rings. The van der Waals surface area contributed by atoms with E-state index in [1.165, 1.54) is 37.8 Å². The minimum absolute atomic E-state index is 0.452. The zero-order valence-corrected chi connectivity index (χ0v) is 25.3. The summed E-state index contributed by atoms with van der Waals surface area (Å²) in [5.74, 6) is 0. The first-order valence-corrected chi connectivity index (χ1v) is 15.7. The number of hydrogen-bond acceptors (Lipinski definition) is 2. The quantitative estimate of drug-likeness (QED) is 0.130. The van der Waals surface area contributed by atoms with Crippen LogP contribution in [0.1, 0.15) is 61.8 Å². The summed E-state index contributed by atoms with van der Waals surface area (Å²) in [7, 11) is 0. The van der Waals surface area contributed by atoms with Crippen LogP contribution in [-0.4, -0.2) is 15.4 Å². The third kappa shape index (κ3) is 6.80. The summed E-state index contributed by atoms with van der Waals surface area (Å²) in [6.07, 6.45) is 4.02. The predicted octanol–water partition coefficient (Wildman–Crippen LogP) is 9.57. The van der Waals surface area contributed by atoms with Gasteiger partial charge in [0.2, 0.25) is 0 Å². The zero-order valence-electron chi connectivity index (χ0n) is 23.2. The lowest BCUT2D eigenvalue weighted by Gasteiger charge is -2.32. The van der Waals surface area contributed by atoms with Crippen molar-refractivity contribution in [1.82, 2.24) is 4.90 Å². The number of hydrogen-bond donors (Lipinski definition) is 0. The summed E-state index contributed by atoms with van der Waals surface area (Å²) >= 11 is 2.29. The molecule has 0 heterocycles. The molecule has 4 aromatic rings. The molecular weight excluding hydrogens is 587 g/mol. The topological polar surface area (TPSA) is 27.0 Å². The molecule has 200 valence electrons. The minimum atomic E-state index is -0.560. The first kappa shape index (κ1) is 29.1. The van der Waals surface area contributed by atoms with Crippen LogP contribution >= 0.6 is 22.6 Å². The Morgan fingerprint density at radius 2 is 1.15 bits per heavy atom. The van der Waals surface area contributed by atoms with Gasteiger partial charge in [-0.1, -0.05) is 146 Å². The molecule has 0 aromatic heterocycles. The molecule has 1 aliphatic carbocycles. The van der Waals surface area contributed by atoms with E-state index in [4.69, 9.17) is 0 Å². The van der Waals surface area contributed by atoms with Crippen molar-refractivity contribution in [3.63, 3.8) is 0 Å². The number of nitrogens with zero attached hydrogens (tertiary/aromatic N) is 2. The van der Waals surface area contributed by atoms with Crippen LogP contribution in [0.15, 0.2) is 109 Å². The highest BCUT2D eigenvalue weighted by Gasteiger charge is 2.43. The second kappa shape index (κ2) is 14.4. The van der Waals surface area contributed by atoms with Crippen LogP contribution in [0.4, 0.5) is 0 Å². The van der Waals surface area contributed by atoms with Gasteiger partial charge in [0.15, 0.2) is 0 Å². The van der Waals surface area contributed by atoms with Gasteiger partial charge in [-0.25, -0.2) is 0 Å². The fraction of sp³-hybridized carbons (Fsp3) is 0.306. The standard InChI is InChI=1S/C34H34N2.C2H5I/c1-2-29(36(24-27-14-5-3-6-15-27)25-28-16-7-4-8-17-28)18-13-23-34(26-35)32-21-11-9-19-30(32)31-20-10-12-22-33(31)34;1-2-3/h3-12,14-17,19-22,29H,2,13,18,23-25H2,1H3;2H2,1H3. The first-order valence-electron chi connectivity index (χ1n) is 14.1. The second-order valence-electron chi connectivity index (χ2n) is 10.2. The van der Waals surface area contributed by atoms with Crippen LogP contribution in [-0.2, 0) is 18.5 Å². The van der Waals surface area contributed by atoms with E-state index in [1.54, 1.807) is 0 Å². The van der Waals surface area contributed by atoms with Gasteiger partial charge in [0.25, 0.3) is 0 Å². The summed E-state index contributed by atoms with van der Waals surface area (Å²) < 4.78 is 1.22. The highest BCUT2D eigenvalue weighted by molar-refractivity contribution is 14.1. The maximum atomic E-state index is 10.6. The number of benzene rings is 4. The molecule has 0 N–H and O–H groups in total. The van der Waals surface area contributed by atoms with Gasteiger partial charge in [0.1, 0.15) is 5.41 Å². The summed E-state index contributed by atoms with van der Waals surface area (Å²) in [4.78, 5) is 2.63. The molecule has 0 radical (unpaired) electrons. The average molecular weight is 627 g/mol. The van der Waals surface area contributed by atoms with E-state index >= 15 is 0 Å². The maximum absolute atomic E-state index is 10.6. The van der Waals surface area contributed by atoms with Crippen molar-refractivity contribution in [1.29, 1.82) is 5.26 Å². The first-order chi connectivity index (χ1) is 19.2.